The molecule has 1 amide bonds. The number of hydrogen-bond acceptors (Lipinski definition) is 6. The largest absolute Gasteiger partial charge is 0.494 e. The van der Waals surface area contributed by atoms with Crippen LogP contribution in [0.3, 0.4) is 0 Å². The average Bonchev–Trinajstić information content (AvgIpc) is 3.47. The van der Waals surface area contributed by atoms with Gasteiger partial charge in [-0.05, 0) is 42.7 Å². The van der Waals surface area contributed by atoms with Gasteiger partial charge in [-0.3, -0.25) is 4.79 Å². The van der Waals surface area contributed by atoms with E-state index in [9.17, 15) is 23.8 Å². The van der Waals surface area contributed by atoms with Crippen LogP contribution in [-0.2, 0) is 11.2 Å². The van der Waals surface area contributed by atoms with Gasteiger partial charge in [0.25, 0.3) is 0 Å². The van der Waals surface area contributed by atoms with Crippen LogP contribution in [0.15, 0.2) is 48.8 Å². The summed E-state index contributed by atoms with van der Waals surface area (Å²) in [5.41, 5.74) is 1.16. The molecule has 0 saturated carbocycles. The van der Waals surface area contributed by atoms with E-state index in [0.29, 0.717) is 34.5 Å². The van der Waals surface area contributed by atoms with Gasteiger partial charge in [-0.1, -0.05) is 12.1 Å². The zero-order valence-corrected chi connectivity index (χ0v) is 18.6. The lowest BCUT2D eigenvalue weighted by Crippen LogP contribution is -2.38. The first-order chi connectivity index (χ1) is 16.9. The summed E-state index contributed by atoms with van der Waals surface area (Å²) in [5, 5.41) is 23.1. The number of anilines is 2. The molecule has 35 heavy (non-hydrogen) atoms. The predicted molar refractivity (Wildman–Crippen MR) is 126 cm³/mol. The van der Waals surface area contributed by atoms with Gasteiger partial charge in [0.05, 0.1) is 46.9 Å². The molecule has 1 saturated heterocycles. The molecule has 1 aliphatic rings. The maximum Gasteiger partial charge on any atom is 0.227 e. The number of carbonyl (C=O) groups excluding carboxylic acids is 1. The molecule has 0 bridgehead atoms. The number of aliphatic hydroxyl groups is 1. The van der Waals surface area contributed by atoms with Crippen molar-refractivity contribution in [2.75, 3.05) is 18.5 Å². The second-order valence-electron chi connectivity index (χ2n) is 8.47. The Morgan fingerprint density at radius 2 is 2.03 bits per heavy atom. The minimum Gasteiger partial charge on any atom is -0.494 e. The summed E-state index contributed by atoms with van der Waals surface area (Å²) in [5.74, 6) is -1.31. The number of rotatable bonds is 6. The fourth-order valence-corrected chi connectivity index (χ4v) is 4.47. The van der Waals surface area contributed by atoms with Crippen LogP contribution in [0.4, 0.5) is 20.3 Å². The third-order valence-electron chi connectivity index (χ3n) is 6.20. The van der Waals surface area contributed by atoms with E-state index in [0.717, 1.165) is 25.0 Å². The van der Waals surface area contributed by atoms with Crippen LogP contribution in [0.1, 0.15) is 18.4 Å². The number of H-pyrrole nitrogens is 1. The number of nitrogens with zero attached hydrogens (tertiary/aromatic N) is 3. The number of halogens is 2. The smallest absolute Gasteiger partial charge is 0.227 e. The summed E-state index contributed by atoms with van der Waals surface area (Å²) in [4.78, 5) is 25.6. The molecule has 1 aromatic carbocycles. The van der Waals surface area contributed by atoms with Gasteiger partial charge in [0.15, 0.2) is 5.88 Å². The van der Waals surface area contributed by atoms with E-state index in [4.69, 9.17) is 0 Å². The molecule has 10 heteroatoms. The van der Waals surface area contributed by atoms with Crippen LogP contribution in [0.25, 0.3) is 22.2 Å². The van der Waals surface area contributed by atoms with E-state index in [1.165, 1.54) is 18.3 Å². The third-order valence-corrected chi connectivity index (χ3v) is 6.20. The van der Waals surface area contributed by atoms with E-state index < -0.39 is 11.6 Å². The number of amides is 1. The Labute approximate surface area is 199 Å². The van der Waals surface area contributed by atoms with Crippen LogP contribution >= 0.6 is 0 Å². The van der Waals surface area contributed by atoms with E-state index >= 15 is 0 Å². The third kappa shape index (κ3) is 4.40. The molecule has 0 aliphatic carbocycles. The quantitative estimate of drug-likeness (QED) is 0.334. The maximum atomic E-state index is 14.4. The molecule has 5 rings (SSSR count). The van der Waals surface area contributed by atoms with Gasteiger partial charge >= 0.3 is 0 Å². The van der Waals surface area contributed by atoms with Gasteiger partial charge in [0.2, 0.25) is 5.91 Å². The van der Waals surface area contributed by atoms with Crippen molar-refractivity contribution in [3.63, 3.8) is 0 Å². The highest BCUT2D eigenvalue weighted by Gasteiger charge is 2.27. The number of pyridine rings is 2. The molecule has 8 nitrogen and oxygen atoms in total. The van der Waals surface area contributed by atoms with Gasteiger partial charge in [-0.25, -0.2) is 18.7 Å². The first-order valence-corrected chi connectivity index (χ1v) is 11.2. The Morgan fingerprint density at radius 3 is 2.74 bits per heavy atom. The molecule has 180 valence electrons. The standard InChI is InChI=1S/C25H23F2N5O3/c26-16-4-1-5-17(27)23(16)18-10-19(24-20(30-18)12-29-25(24)35)31-21-7-6-14(11-28-21)9-22(34)32-8-2-3-15(32)13-33/h1,4-7,10-12,15,29,33,35H,2-3,8-9,13H2,(H,28,31). The minimum atomic E-state index is -0.754. The van der Waals surface area contributed by atoms with Crippen molar-refractivity contribution in [3.05, 3.63) is 66.0 Å². The lowest BCUT2D eigenvalue weighted by molar-refractivity contribution is -0.132. The first-order valence-electron chi connectivity index (χ1n) is 11.2. The van der Waals surface area contributed by atoms with Crippen LogP contribution in [0, 0.1) is 11.6 Å². The van der Waals surface area contributed by atoms with Crippen LogP contribution in [-0.4, -0.2) is 55.2 Å². The Kier molecular flexibility index (Phi) is 6.04. The first kappa shape index (κ1) is 22.7. The second-order valence-corrected chi connectivity index (χ2v) is 8.47. The maximum absolute atomic E-state index is 14.4. The molecular weight excluding hydrogens is 456 g/mol. The topological polar surface area (TPSA) is 114 Å². The number of aromatic hydroxyl groups is 1. The number of fused-ring (bicyclic) bond motifs is 1. The van der Waals surface area contributed by atoms with E-state index in [1.54, 1.807) is 23.2 Å². The number of benzene rings is 1. The van der Waals surface area contributed by atoms with Crippen molar-refractivity contribution >= 4 is 28.3 Å². The zero-order valence-electron chi connectivity index (χ0n) is 18.6. The SMILES string of the molecule is O=C(Cc1ccc(Nc2cc(-c3c(F)cccc3F)nc3c[nH]c(O)c23)nc1)N1CCCC1CO. The fraction of sp³-hybridized carbons (Fsp3) is 0.240. The van der Waals surface area contributed by atoms with Crippen molar-refractivity contribution in [1.82, 2.24) is 19.9 Å². The normalized spacial score (nSPS) is 15.6. The monoisotopic (exact) mass is 479 g/mol. The molecule has 4 N–H and O–H groups in total. The molecular formula is C25H23F2N5O3. The highest BCUT2D eigenvalue weighted by molar-refractivity contribution is 5.99. The molecule has 0 spiro atoms. The van der Waals surface area contributed by atoms with E-state index in [-0.39, 0.29) is 42.1 Å². The van der Waals surface area contributed by atoms with Crippen molar-refractivity contribution < 1.29 is 23.8 Å². The molecule has 3 aromatic heterocycles. The summed E-state index contributed by atoms with van der Waals surface area (Å²) in [6.07, 6.45) is 4.85. The van der Waals surface area contributed by atoms with Crippen LogP contribution in [0.2, 0.25) is 0 Å². The Bertz CT molecular complexity index is 1370. The number of aromatic nitrogens is 3. The highest BCUT2D eigenvalue weighted by atomic mass is 19.1. The Morgan fingerprint density at radius 1 is 1.23 bits per heavy atom. The van der Waals surface area contributed by atoms with Gasteiger partial charge in [0.1, 0.15) is 17.5 Å². The van der Waals surface area contributed by atoms with Crippen molar-refractivity contribution in [2.45, 2.75) is 25.3 Å². The van der Waals surface area contributed by atoms with Gasteiger partial charge < -0.3 is 25.4 Å². The van der Waals surface area contributed by atoms with Gasteiger partial charge in [-0.15, -0.1) is 0 Å². The molecule has 1 unspecified atom stereocenters. The number of aliphatic hydroxyl groups excluding tert-OH is 1. The highest BCUT2D eigenvalue weighted by Crippen LogP contribution is 2.36. The number of carbonyl (C=O) groups is 1. The summed E-state index contributed by atoms with van der Waals surface area (Å²) >= 11 is 0. The van der Waals surface area contributed by atoms with Crippen LogP contribution in [0.5, 0.6) is 5.88 Å². The lowest BCUT2D eigenvalue weighted by Gasteiger charge is -2.23. The minimum absolute atomic E-state index is 0.0436. The van der Waals surface area contributed by atoms with Crippen LogP contribution < -0.4 is 5.32 Å². The van der Waals surface area contributed by atoms with Gasteiger partial charge in [-0.2, -0.15) is 0 Å². The second kappa shape index (κ2) is 9.30. The molecule has 1 fully saturated rings. The Hall–Kier alpha value is -4.05. The molecule has 1 aliphatic heterocycles. The molecule has 1 atom stereocenters. The predicted octanol–water partition coefficient (Wildman–Crippen LogP) is 3.88. The number of nitrogens with one attached hydrogen (secondary N) is 2. The zero-order chi connectivity index (χ0) is 24.5. The molecule has 0 radical (unpaired) electrons. The van der Waals surface area contributed by atoms with Gasteiger partial charge in [0, 0.05) is 18.9 Å². The Balaban J connectivity index is 1.41. The van der Waals surface area contributed by atoms with Crippen molar-refractivity contribution in [3.8, 4) is 17.1 Å². The molecule has 4 heterocycles. The van der Waals surface area contributed by atoms with Crippen molar-refractivity contribution in [2.24, 2.45) is 0 Å². The van der Waals surface area contributed by atoms with E-state index in [2.05, 4.69) is 20.3 Å². The summed E-state index contributed by atoms with van der Waals surface area (Å²) in [6, 6.07) is 8.32. The average molecular weight is 479 g/mol. The molecule has 4 aromatic rings. The van der Waals surface area contributed by atoms with E-state index in [1.807, 2.05) is 0 Å². The summed E-state index contributed by atoms with van der Waals surface area (Å²) < 4.78 is 28.8. The number of hydrogen-bond donors (Lipinski definition) is 4. The van der Waals surface area contributed by atoms with Crippen molar-refractivity contribution in [1.29, 1.82) is 0 Å². The summed E-state index contributed by atoms with van der Waals surface area (Å²) in [7, 11) is 0. The lowest BCUT2D eigenvalue weighted by atomic mass is 10.1. The number of aromatic amines is 1. The summed E-state index contributed by atoms with van der Waals surface area (Å²) in [6.45, 7) is 0.596. The fourth-order valence-electron chi connectivity index (χ4n) is 4.47. The number of likely N-dealkylation sites (tertiary alicyclic amines) is 1.